The Labute approximate surface area is 175 Å². The Hall–Kier alpha value is -2.35. The van der Waals surface area contributed by atoms with E-state index >= 15 is 0 Å². The molecule has 3 aromatic rings. The molecule has 2 aromatic carbocycles. The number of halogens is 1. The van der Waals surface area contributed by atoms with E-state index < -0.39 is 10.0 Å². The normalized spacial score (nSPS) is 15.7. The lowest BCUT2D eigenvalue weighted by Crippen LogP contribution is -2.50. The number of sulfonamides is 1. The topological polar surface area (TPSA) is 73.5 Å². The molecule has 0 bridgehead atoms. The molecule has 1 saturated heterocycles. The zero-order valence-corrected chi connectivity index (χ0v) is 17.4. The highest BCUT2D eigenvalue weighted by molar-refractivity contribution is 7.89. The summed E-state index contributed by atoms with van der Waals surface area (Å²) in [7, 11) is -3.60. The fourth-order valence-corrected chi connectivity index (χ4v) is 5.42. The smallest absolute Gasteiger partial charge is 0.243 e. The van der Waals surface area contributed by atoms with E-state index in [2.05, 4.69) is 4.98 Å². The van der Waals surface area contributed by atoms with Gasteiger partial charge in [-0.3, -0.25) is 4.79 Å². The van der Waals surface area contributed by atoms with E-state index in [-0.39, 0.29) is 23.9 Å². The SMILES string of the molecule is O=C(CCc1c[nH]c2ccccc12)N1CCN(S(=O)(=O)c2cccc(Cl)c2)CC1. The molecule has 152 valence electrons. The Bertz CT molecular complexity index is 1130. The first-order valence-corrected chi connectivity index (χ1v) is 11.4. The van der Waals surface area contributed by atoms with E-state index in [1.165, 1.54) is 10.4 Å². The van der Waals surface area contributed by atoms with E-state index in [0.717, 1.165) is 16.5 Å². The maximum atomic E-state index is 12.8. The largest absolute Gasteiger partial charge is 0.361 e. The van der Waals surface area contributed by atoms with Crippen molar-refractivity contribution in [3.63, 3.8) is 0 Å². The van der Waals surface area contributed by atoms with E-state index in [1.807, 2.05) is 30.5 Å². The summed E-state index contributed by atoms with van der Waals surface area (Å²) >= 11 is 5.93. The molecule has 0 aliphatic carbocycles. The predicted molar refractivity (Wildman–Crippen MR) is 113 cm³/mol. The van der Waals surface area contributed by atoms with Gasteiger partial charge in [0.05, 0.1) is 4.90 Å². The number of hydrogen-bond acceptors (Lipinski definition) is 3. The number of aromatic nitrogens is 1. The first kappa shape index (κ1) is 19.9. The summed E-state index contributed by atoms with van der Waals surface area (Å²) in [5.41, 5.74) is 2.19. The van der Waals surface area contributed by atoms with Gasteiger partial charge in [0.15, 0.2) is 0 Å². The van der Waals surface area contributed by atoms with Gasteiger partial charge in [0.1, 0.15) is 0 Å². The highest BCUT2D eigenvalue weighted by Gasteiger charge is 2.30. The molecule has 1 amide bonds. The second kappa shape index (κ2) is 8.18. The summed E-state index contributed by atoms with van der Waals surface area (Å²) in [6.45, 7) is 1.36. The van der Waals surface area contributed by atoms with Crippen molar-refractivity contribution in [2.45, 2.75) is 17.7 Å². The van der Waals surface area contributed by atoms with Gasteiger partial charge in [-0.1, -0.05) is 35.9 Å². The van der Waals surface area contributed by atoms with Crippen molar-refractivity contribution in [2.24, 2.45) is 0 Å². The number of fused-ring (bicyclic) bond motifs is 1. The number of amides is 1. The van der Waals surface area contributed by atoms with Crippen molar-refractivity contribution in [2.75, 3.05) is 26.2 Å². The minimum Gasteiger partial charge on any atom is -0.361 e. The summed E-state index contributed by atoms with van der Waals surface area (Å²) < 4.78 is 27.0. The van der Waals surface area contributed by atoms with Crippen LogP contribution in [-0.2, 0) is 21.2 Å². The first-order chi connectivity index (χ1) is 13.9. The van der Waals surface area contributed by atoms with E-state index in [0.29, 0.717) is 31.0 Å². The molecule has 0 saturated carbocycles. The van der Waals surface area contributed by atoms with Crippen LogP contribution in [0, 0.1) is 0 Å². The fourth-order valence-electron chi connectivity index (χ4n) is 3.69. The molecule has 1 aliphatic heterocycles. The lowest BCUT2D eigenvalue weighted by Gasteiger charge is -2.34. The minimum absolute atomic E-state index is 0.0510. The average Bonchev–Trinajstić information content (AvgIpc) is 3.15. The number of carbonyl (C=O) groups excluding carboxylic acids is 1. The van der Waals surface area contributed by atoms with Crippen LogP contribution < -0.4 is 0 Å². The second-order valence-electron chi connectivity index (χ2n) is 7.10. The lowest BCUT2D eigenvalue weighted by atomic mass is 10.1. The standard InChI is InChI=1S/C21H22ClN3O3S/c22-17-4-3-5-18(14-17)29(27,28)25-12-10-24(11-13-25)21(26)9-8-16-15-23-20-7-2-1-6-19(16)20/h1-7,14-15,23H,8-13H2. The van der Waals surface area contributed by atoms with Gasteiger partial charge < -0.3 is 9.88 Å². The summed E-state index contributed by atoms with van der Waals surface area (Å²) in [6, 6.07) is 14.3. The third kappa shape index (κ3) is 4.17. The molecule has 8 heteroatoms. The van der Waals surface area contributed by atoms with Crippen LogP contribution in [-0.4, -0.2) is 54.7 Å². The van der Waals surface area contributed by atoms with Crippen LogP contribution in [0.1, 0.15) is 12.0 Å². The van der Waals surface area contributed by atoms with Crippen molar-refractivity contribution in [3.8, 4) is 0 Å². The average molecular weight is 432 g/mol. The molecule has 4 rings (SSSR count). The number of piperazine rings is 1. The maximum Gasteiger partial charge on any atom is 0.243 e. The first-order valence-electron chi connectivity index (χ1n) is 9.53. The number of aryl methyl sites for hydroxylation is 1. The third-order valence-corrected chi connectivity index (χ3v) is 7.44. The van der Waals surface area contributed by atoms with E-state index in [1.54, 1.807) is 23.1 Å². The number of carbonyl (C=O) groups is 1. The summed E-state index contributed by atoms with van der Waals surface area (Å²) in [6.07, 6.45) is 3.01. The van der Waals surface area contributed by atoms with Crippen LogP contribution in [0.3, 0.4) is 0 Å². The van der Waals surface area contributed by atoms with Crippen molar-refractivity contribution in [1.29, 1.82) is 0 Å². The molecule has 0 spiro atoms. The molecule has 29 heavy (non-hydrogen) atoms. The Morgan fingerprint density at radius 2 is 1.79 bits per heavy atom. The Morgan fingerprint density at radius 1 is 1.03 bits per heavy atom. The second-order valence-corrected chi connectivity index (χ2v) is 9.48. The third-order valence-electron chi connectivity index (χ3n) is 5.31. The highest BCUT2D eigenvalue weighted by atomic mass is 35.5. The molecular formula is C21H22ClN3O3S. The number of benzene rings is 2. The quantitative estimate of drug-likeness (QED) is 0.673. The van der Waals surface area contributed by atoms with Crippen LogP contribution in [0.5, 0.6) is 0 Å². The van der Waals surface area contributed by atoms with Gasteiger partial charge in [0.2, 0.25) is 15.9 Å². The van der Waals surface area contributed by atoms with Gasteiger partial charge in [0.25, 0.3) is 0 Å². The molecular weight excluding hydrogens is 410 g/mol. The maximum absolute atomic E-state index is 12.8. The molecule has 1 fully saturated rings. The molecule has 1 N–H and O–H groups in total. The number of aromatic amines is 1. The summed E-state index contributed by atoms with van der Waals surface area (Å²) in [4.78, 5) is 17.8. The van der Waals surface area contributed by atoms with Crippen LogP contribution >= 0.6 is 11.6 Å². The number of nitrogens with zero attached hydrogens (tertiary/aromatic N) is 2. The van der Waals surface area contributed by atoms with Gasteiger partial charge in [-0.15, -0.1) is 0 Å². The van der Waals surface area contributed by atoms with Gasteiger partial charge >= 0.3 is 0 Å². The molecule has 6 nitrogen and oxygen atoms in total. The van der Waals surface area contributed by atoms with Crippen LogP contribution in [0.2, 0.25) is 5.02 Å². The zero-order valence-electron chi connectivity index (χ0n) is 15.8. The monoisotopic (exact) mass is 431 g/mol. The van der Waals surface area contributed by atoms with Crippen LogP contribution in [0.25, 0.3) is 10.9 Å². The Morgan fingerprint density at radius 3 is 2.55 bits per heavy atom. The van der Waals surface area contributed by atoms with Crippen molar-refractivity contribution >= 4 is 38.4 Å². The summed E-state index contributed by atoms with van der Waals surface area (Å²) in [5.74, 6) is 0.0510. The van der Waals surface area contributed by atoms with Gasteiger partial charge in [-0.25, -0.2) is 8.42 Å². The van der Waals surface area contributed by atoms with Crippen molar-refractivity contribution < 1.29 is 13.2 Å². The van der Waals surface area contributed by atoms with Crippen molar-refractivity contribution in [3.05, 3.63) is 65.3 Å². The van der Waals surface area contributed by atoms with Gasteiger partial charge in [0, 0.05) is 54.7 Å². The van der Waals surface area contributed by atoms with E-state index in [4.69, 9.17) is 11.6 Å². The van der Waals surface area contributed by atoms with Crippen LogP contribution in [0.15, 0.2) is 59.6 Å². The Balaban J connectivity index is 1.35. The number of para-hydroxylation sites is 1. The number of nitrogens with one attached hydrogen (secondary N) is 1. The molecule has 0 unspecified atom stereocenters. The Kier molecular flexibility index (Phi) is 5.63. The van der Waals surface area contributed by atoms with Gasteiger partial charge in [-0.2, -0.15) is 4.31 Å². The number of hydrogen-bond donors (Lipinski definition) is 1. The summed E-state index contributed by atoms with van der Waals surface area (Å²) in [5, 5.41) is 1.52. The molecule has 0 radical (unpaired) electrons. The number of rotatable bonds is 5. The zero-order chi connectivity index (χ0) is 20.4. The molecule has 0 atom stereocenters. The molecule has 2 heterocycles. The highest BCUT2D eigenvalue weighted by Crippen LogP contribution is 2.22. The number of H-pyrrole nitrogens is 1. The van der Waals surface area contributed by atoms with Crippen molar-refractivity contribution in [1.82, 2.24) is 14.2 Å². The molecule has 1 aliphatic rings. The predicted octanol–water partition coefficient (Wildman–Crippen LogP) is 3.29. The lowest BCUT2D eigenvalue weighted by molar-refractivity contribution is -0.132. The minimum atomic E-state index is -3.60. The van der Waals surface area contributed by atoms with Crippen LogP contribution in [0.4, 0.5) is 0 Å². The van der Waals surface area contributed by atoms with E-state index in [9.17, 15) is 13.2 Å². The fraction of sp³-hybridized carbons (Fsp3) is 0.286. The molecule has 1 aromatic heterocycles. The van der Waals surface area contributed by atoms with Gasteiger partial charge in [-0.05, 0) is 36.2 Å².